The van der Waals surface area contributed by atoms with Crippen LogP contribution in [0.5, 0.6) is 0 Å². The number of sulfonamides is 1. The van der Waals surface area contributed by atoms with Crippen molar-refractivity contribution in [3.8, 4) is 0 Å². The van der Waals surface area contributed by atoms with E-state index >= 15 is 0 Å². The molecular weight excluding hydrogens is 293 g/mol. The second-order valence-electron chi connectivity index (χ2n) is 5.03. The van der Waals surface area contributed by atoms with Crippen LogP contribution in [-0.2, 0) is 16.4 Å². The molecule has 1 atom stereocenters. The summed E-state index contributed by atoms with van der Waals surface area (Å²) in [4.78, 5) is 3.69. The maximum Gasteiger partial charge on any atom is 0.285 e. The molecule has 5 nitrogen and oxygen atoms in total. The largest absolute Gasteiger partial charge is 0.399 e. The molecule has 110 valence electrons. The number of rotatable bonds is 2. The molecule has 0 spiro atoms. The number of aromatic nitrogens is 1. The van der Waals surface area contributed by atoms with Gasteiger partial charge in [0.2, 0.25) is 5.03 Å². The summed E-state index contributed by atoms with van der Waals surface area (Å²) in [5, 5.41) is -0.554. The molecule has 21 heavy (non-hydrogen) atoms. The Hall–Kier alpha value is -2.15. The number of fused-ring (bicyclic) bond motifs is 1. The minimum absolute atomic E-state index is 0.312. The lowest BCUT2D eigenvalue weighted by atomic mass is 10.1. The van der Waals surface area contributed by atoms with Crippen LogP contribution < -0.4 is 10.0 Å². The Morgan fingerprint density at radius 3 is 2.86 bits per heavy atom. The standard InChI is InChI=1S/C14H14FN3O2S/c1-9-7-10-8-11(16)4-5-13(10)18(9)21(19,20)14-12(15)3-2-6-17-14/h2-6,8-9H,7,16H2,1H3. The lowest BCUT2D eigenvalue weighted by Crippen LogP contribution is -2.36. The smallest absolute Gasteiger partial charge is 0.285 e. The number of hydrogen-bond acceptors (Lipinski definition) is 4. The van der Waals surface area contributed by atoms with Crippen LogP contribution in [-0.4, -0.2) is 19.4 Å². The second kappa shape index (κ2) is 4.70. The van der Waals surface area contributed by atoms with E-state index in [0.717, 1.165) is 11.6 Å². The van der Waals surface area contributed by atoms with Crippen molar-refractivity contribution in [3.05, 3.63) is 47.9 Å². The van der Waals surface area contributed by atoms with Crippen molar-refractivity contribution >= 4 is 21.4 Å². The molecule has 2 heterocycles. The van der Waals surface area contributed by atoms with Gasteiger partial charge in [0.15, 0.2) is 5.82 Å². The summed E-state index contributed by atoms with van der Waals surface area (Å²) in [6.45, 7) is 1.77. The number of hydrogen-bond donors (Lipinski definition) is 1. The Balaban J connectivity index is 2.15. The minimum Gasteiger partial charge on any atom is -0.399 e. The SMILES string of the molecule is CC1Cc2cc(N)ccc2N1S(=O)(=O)c1ncccc1F. The molecule has 1 aliphatic rings. The van der Waals surface area contributed by atoms with E-state index in [1.165, 1.54) is 16.6 Å². The summed E-state index contributed by atoms with van der Waals surface area (Å²) < 4.78 is 40.4. The predicted octanol–water partition coefficient (Wildman–Crippen LogP) is 1.94. The molecule has 0 saturated heterocycles. The van der Waals surface area contributed by atoms with Gasteiger partial charge in [-0.3, -0.25) is 4.31 Å². The van der Waals surface area contributed by atoms with Crippen molar-refractivity contribution < 1.29 is 12.8 Å². The molecule has 0 amide bonds. The summed E-state index contributed by atoms with van der Waals surface area (Å²) in [5.74, 6) is -0.853. The van der Waals surface area contributed by atoms with Gasteiger partial charge in [-0.25, -0.2) is 9.37 Å². The number of nitrogens with zero attached hydrogens (tertiary/aromatic N) is 2. The van der Waals surface area contributed by atoms with Gasteiger partial charge in [0, 0.05) is 17.9 Å². The molecule has 7 heteroatoms. The third kappa shape index (κ3) is 2.13. The Bertz CT molecular complexity index is 808. The number of nitrogen functional groups attached to an aromatic ring is 1. The Labute approximate surface area is 122 Å². The molecule has 2 N–H and O–H groups in total. The number of halogens is 1. The highest BCUT2D eigenvalue weighted by atomic mass is 32.2. The fraction of sp³-hybridized carbons (Fsp3) is 0.214. The van der Waals surface area contributed by atoms with E-state index in [1.807, 2.05) is 0 Å². The van der Waals surface area contributed by atoms with E-state index in [4.69, 9.17) is 5.73 Å². The summed E-state index contributed by atoms with van der Waals surface area (Å²) in [6, 6.07) is 7.16. The van der Waals surface area contributed by atoms with Crippen LogP contribution in [0.2, 0.25) is 0 Å². The van der Waals surface area contributed by atoms with Crippen molar-refractivity contribution in [1.29, 1.82) is 0 Å². The predicted molar refractivity (Wildman–Crippen MR) is 77.9 cm³/mol. The van der Waals surface area contributed by atoms with Gasteiger partial charge in [-0.15, -0.1) is 0 Å². The molecule has 2 aromatic rings. The molecular formula is C14H14FN3O2S. The molecule has 1 unspecified atom stereocenters. The first-order valence-electron chi connectivity index (χ1n) is 6.44. The molecule has 0 saturated carbocycles. The summed E-state index contributed by atoms with van der Waals surface area (Å²) in [6.07, 6.45) is 1.80. The van der Waals surface area contributed by atoms with E-state index in [0.29, 0.717) is 17.8 Å². The fourth-order valence-corrected chi connectivity index (χ4v) is 4.32. The zero-order valence-corrected chi connectivity index (χ0v) is 12.1. The van der Waals surface area contributed by atoms with Gasteiger partial charge >= 0.3 is 0 Å². The summed E-state index contributed by atoms with van der Waals surface area (Å²) in [7, 11) is -4.04. The average molecular weight is 307 g/mol. The lowest BCUT2D eigenvalue weighted by Gasteiger charge is -2.24. The molecule has 0 radical (unpaired) electrons. The Kier molecular flexibility index (Phi) is 3.09. The molecule has 1 aromatic carbocycles. The van der Waals surface area contributed by atoms with Gasteiger partial charge in [0.25, 0.3) is 10.0 Å². The third-order valence-electron chi connectivity index (χ3n) is 3.48. The van der Waals surface area contributed by atoms with E-state index in [1.54, 1.807) is 25.1 Å². The van der Waals surface area contributed by atoms with Crippen LogP contribution in [0.4, 0.5) is 15.8 Å². The topological polar surface area (TPSA) is 76.3 Å². The van der Waals surface area contributed by atoms with Crippen molar-refractivity contribution in [2.45, 2.75) is 24.4 Å². The number of anilines is 2. The molecule has 0 fully saturated rings. The maximum absolute atomic E-state index is 13.8. The lowest BCUT2D eigenvalue weighted by molar-refractivity contribution is 0.547. The van der Waals surface area contributed by atoms with E-state index in [2.05, 4.69) is 4.98 Å². The van der Waals surface area contributed by atoms with Gasteiger partial charge in [0.1, 0.15) is 0 Å². The zero-order chi connectivity index (χ0) is 15.2. The van der Waals surface area contributed by atoms with Crippen LogP contribution >= 0.6 is 0 Å². The van der Waals surface area contributed by atoms with E-state index in [-0.39, 0.29) is 6.04 Å². The van der Waals surface area contributed by atoms with Gasteiger partial charge < -0.3 is 5.73 Å². The van der Waals surface area contributed by atoms with Crippen LogP contribution in [0.3, 0.4) is 0 Å². The van der Waals surface area contributed by atoms with Crippen LogP contribution in [0, 0.1) is 5.82 Å². The molecule has 3 rings (SSSR count). The Morgan fingerprint density at radius 2 is 2.14 bits per heavy atom. The number of pyridine rings is 1. The van der Waals surface area contributed by atoms with Gasteiger partial charge in [-0.2, -0.15) is 8.42 Å². The molecule has 1 aliphatic heterocycles. The first-order valence-corrected chi connectivity index (χ1v) is 7.88. The monoisotopic (exact) mass is 307 g/mol. The van der Waals surface area contributed by atoms with Crippen LogP contribution in [0.15, 0.2) is 41.6 Å². The number of nitrogens with two attached hydrogens (primary N) is 1. The molecule has 1 aromatic heterocycles. The maximum atomic E-state index is 13.8. The first kappa shape index (κ1) is 13.8. The minimum atomic E-state index is -4.04. The number of benzene rings is 1. The van der Waals surface area contributed by atoms with Crippen LogP contribution in [0.25, 0.3) is 0 Å². The zero-order valence-electron chi connectivity index (χ0n) is 11.3. The third-order valence-corrected chi connectivity index (χ3v) is 5.35. The van der Waals surface area contributed by atoms with Gasteiger partial charge in [0.05, 0.1) is 5.69 Å². The van der Waals surface area contributed by atoms with E-state index in [9.17, 15) is 12.8 Å². The van der Waals surface area contributed by atoms with Gasteiger partial charge in [-0.05, 0) is 49.2 Å². The van der Waals surface area contributed by atoms with Crippen molar-refractivity contribution in [1.82, 2.24) is 4.98 Å². The molecule has 0 aliphatic carbocycles. The van der Waals surface area contributed by atoms with Crippen LogP contribution in [0.1, 0.15) is 12.5 Å². The highest BCUT2D eigenvalue weighted by molar-refractivity contribution is 7.92. The van der Waals surface area contributed by atoms with Crippen molar-refractivity contribution in [2.24, 2.45) is 0 Å². The highest BCUT2D eigenvalue weighted by Crippen LogP contribution is 2.37. The van der Waals surface area contributed by atoms with Gasteiger partial charge in [-0.1, -0.05) is 0 Å². The normalized spacial score (nSPS) is 17.8. The average Bonchev–Trinajstić information content (AvgIpc) is 2.74. The van der Waals surface area contributed by atoms with E-state index < -0.39 is 20.9 Å². The fourth-order valence-electron chi connectivity index (χ4n) is 2.64. The molecule has 0 bridgehead atoms. The highest BCUT2D eigenvalue weighted by Gasteiger charge is 2.38. The summed E-state index contributed by atoms with van der Waals surface area (Å²) >= 11 is 0. The second-order valence-corrected chi connectivity index (χ2v) is 6.76. The Morgan fingerprint density at radius 1 is 1.38 bits per heavy atom. The quantitative estimate of drug-likeness (QED) is 0.860. The van der Waals surface area contributed by atoms with Crippen molar-refractivity contribution in [3.63, 3.8) is 0 Å². The first-order chi connectivity index (χ1) is 9.91. The van der Waals surface area contributed by atoms with Crippen molar-refractivity contribution in [2.75, 3.05) is 10.0 Å². The summed E-state index contributed by atoms with van der Waals surface area (Å²) in [5.41, 5.74) is 7.66.